The molecule has 2 aliphatic carbocycles. The van der Waals surface area contributed by atoms with Crippen molar-refractivity contribution in [3.63, 3.8) is 0 Å². The maximum atomic E-state index is 2.37. The molecule has 0 atom stereocenters. The minimum atomic E-state index is 0. The monoisotopic (exact) mass is 340 g/mol. The molecule has 0 unspecified atom stereocenters. The first-order valence-corrected chi connectivity index (χ1v) is 6.16. The standard InChI is InChI=1S/C14H19.3ClH.Ti/c1-10-11-6-2-4-8-13(11)14-9-5-3-7-12(10)14;;;;/h2-9H2,1H3;3*1H;/q-1;;;;+4/p-3. The van der Waals surface area contributed by atoms with E-state index in [9.17, 15) is 0 Å². The third-order valence-corrected chi connectivity index (χ3v) is 4.21. The van der Waals surface area contributed by atoms with Crippen LogP contribution in [0.15, 0.2) is 0 Å². The van der Waals surface area contributed by atoms with Gasteiger partial charge >= 0.3 is 21.7 Å². The van der Waals surface area contributed by atoms with E-state index in [1.165, 1.54) is 51.4 Å². The van der Waals surface area contributed by atoms with Gasteiger partial charge in [0.15, 0.2) is 0 Å². The van der Waals surface area contributed by atoms with Crippen LogP contribution in [-0.4, -0.2) is 0 Å². The topological polar surface area (TPSA) is 0 Å². The van der Waals surface area contributed by atoms with E-state index in [0.29, 0.717) is 0 Å². The zero-order valence-corrected chi connectivity index (χ0v) is 14.6. The first kappa shape index (κ1) is 21.2. The van der Waals surface area contributed by atoms with Crippen LogP contribution in [-0.2, 0) is 47.4 Å². The Hall–Kier alpha value is 0.934. The molecular weight excluding hydrogens is 322 g/mol. The summed E-state index contributed by atoms with van der Waals surface area (Å²) in [5.41, 5.74) is 8.74. The summed E-state index contributed by atoms with van der Waals surface area (Å²) in [7, 11) is 0. The largest absolute Gasteiger partial charge is 4.00 e. The van der Waals surface area contributed by atoms with E-state index in [1.807, 2.05) is 0 Å². The molecule has 0 bridgehead atoms. The van der Waals surface area contributed by atoms with Gasteiger partial charge in [-0.25, -0.2) is 0 Å². The molecule has 1 aromatic carbocycles. The fourth-order valence-electron chi connectivity index (χ4n) is 3.49. The van der Waals surface area contributed by atoms with Crippen molar-refractivity contribution >= 4 is 0 Å². The van der Waals surface area contributed by atoms with Gasteiger partial charge in [0.1, 0.15) is 0 Å². The van der Waals surface area contributed by atoms with E-state index in [2.05, 4.69) is 6.92 Å². The van der Waals surface area contributed by atoms with Crippen LogP contribution in [0.1, 0.15) is 53.5 Å². The van der Waals surface area contributed by atoms with Crippen molar-refractivity contribution in [1.82, 2.24) is 0 Å². The molecule has 1 aromatic rings. The first-order valence-electron chi connectivity index (χ1n) is 6.16. The molecule has 0 amide bonds. The second-order valence-electron chi connectivity index (χ2n) is 4.95. The van der Waals surface area contributed by atoms with Gasteiger partial charge in [0, 0.05) is 0 Å². The van der Waals surface area contributed by atoms with Crippen LogP contribution in [0.5, 0.6) is 0 Å². The van der Waals surface area contributed by atoms with Crippen LogP contribution in [0.3, 0.4) is 0 Å². The fourth-order valence-corrected chi connectivity index (χ4v) is 3.49. The minimum absolute atomic E-state index is 0. The summed E-state index contributed by atoms with van der Waals surface area (Å²) in [6.45, 7) is 2.37. The van der Waals surface area contributed by atoms with Crippen molar-refractivity contribution < 1.29 is 58.9 Å². The second kappa shape index (κ2) is 8.98. The molecule has 0 aliphatic heterocycles. The summed E-state index contributed by atoms with van der Waals surface area (Å²) in [5.74, 6) is 0. The molecule has 18 heavy (non-hydrogen) atoms. The smallest absolute Gasteiger partial charge is 1.00 e. The summed E-state index contributed by atoms with van der Waals surface area (Å²) in [4.78, 5) is 0. The molecule has 2 aliphatic rings. The second-order valence-corrected chi connectivity index (χ2v) is 4.95. The normalized spacial score (nSPS) is 15.8. The van der Waals surface area contributed by atoms with Crippen molar-refractivity contribution in [1.29, 1.82) is 0 Å². The van der Waals surface area contributed by atoms with Crippen LogP contribution >= 0.6 is 0 Å². The van der Waals surface area contributed by atoms with Gasteiger partial charge in [-0.1, -0.05) is 58.3 Å². The number of halogens is 3. The number of hydrogen-bond acceptors (Lipinski definition) is 0. The Morgan fingerprint density at radius 3 is 1.39 bits per heavy atom. The minimum Gasteiger partial charge on any atom is -1.00 e. The third kappa shape index (κ3) is 3.52. The average molecular weight is 342 g/mol. The molecule has 0 fully saturated rings. The number of rotatable bonds is 0. The zero-order chi connectivity index (χ0) is 9.54. The van der Waals surface area contributed by atoms with Gasteiger partial charge in [0.2, 0.25) is 0 Å². The molecule has 0 N–H and O–H groups in total. The van der Waals surface area contributed by atoms with E-state index >= 15 is 0 Å². The third-order valence-electron chi connectivity index (χ3n) is 4.21. The summed E-state index contributed by atoms with van der Waals surface area (Å²) in [6.07, 6.45) is 11.2. The number of hydrogen-bond donors (Lipinski definition) is 0. The molecule has 3 rings (SSSR count). The molecule has 0 radical (unpaired) electrons. The van der Waals surface area contributed by atoms with E-state index < -0.39 is 0 Å². The maximum absolute atomic E-state index is 2.37. The van der Waals surface area contributed by atoms with E-state index in [1.54, 1.807) is 27.8 Å². The SMILES string of the molecule is C[c-]1c2c(c3c1CCCC3)CCCC2.[Cl-].[Cl-].[Cl-].[Ti+4]. The molecule has 0 saturated heterocycles. The Bertz CT molecular complexity index is 338. The van der Waals surface area contributed by atoms with E-state index in [-0.39, 0.29) is 58.9 Å². The van der Waals surface area contributed by atoms with Crippen molar-refractivity contribution in [2.24, 2.45) is 0 Å². The molecule has 4 heteroatoms. The van der Waals surface area contributed by atoms with Crippen molar-refractivity contribution in [3.8, 4) is 0 Å². The molecule has 100 valence electrons. The van der Waals surface area contributed by atoms with Gasteiger partial charge < -0.3 is 37.2 Å². The van der Waals surface area contributed by atoms with Gasteiger partial charge in [0.05, 0.1) is 0 Å². The molecule has 0 nitrogen and oxygen atoms in total. The Balaban J connectivity index is 0. The Morgan fingerprint density at radius 2 is 1.00 bits per heavy atom. The average Bonchev–Trinajstić information content (AvgIpc) is 2.55. The molecule has 0 heterocycles. The van der Waals surface area contributed by atoms with Crippen molar-refractivity contribution in [2.45, 2.75) is 58.3 Å². The van der Waals surface area contributed by atoms with E-state index in [0.717, 1.165) is 0 Å². The van der Waals surface area contributed by atoms with Gasteiger partial charge in [-0.05, 0) is 0 Å². The zero-order valence-electron chi connectivity index (χ0n) is 10.8. The summed E-state index contributed by atoms with van der Waals surface area (Å²) in [6, 6.07) is 0. The van der Waals surface area contributed by atoms with Crippen LogP contribution in [0.2, 0.25) is 0 Å². The van der Waals surface area contributed by atoms with Crippen LogP contribution in [0.25, 0.3) is 0 Å². The molecule has 0 spiro atoms. The predicted octanol–water partition coefficient (Wildman–Crippen LogP) is -5.52. The Labute approximate surface area is 144 Å². The number of fused-ring (bicyclic) bond motifs is 3. The quantitative estimate of drug-likeness (QED) is 0.326. The van der Waals surface area contributed by atoms with Gasteiger partial charge in [0.25, 0.3) is 0 Å². The fraction of sp³-hybridized carbons (Fsp3) is 0.643. The first-order chi connectivity index (χ1) is 6.88. The van der Waals surface area contributed by atoms with Gasteiger partial charge in [-0.2, -0.15) is 27.8 Å². The summed E-state index contributed by atoms with van der Waals surface area (Å²) < 4.78 is 0. The van der Waals surface area contributed by atoms with Crippen molar-refractivity contribution in [2.75, 3.05) is 0 Å². The Morgan fingerprint density at radius 1 is 0.667 bits per heavy atom. The van der Waals surface area contributed by atoms with E-state index in [4.69, 9.17) is 0 Å². The van der Waals surface area contributed by atoms with Crippen LogP contribution in [0, 0.1) is 6.92 Å². The molecule has 0 aromatic heterocycles. The van der Waals surface area contributed by atoms with Crippen molar-refractivity contribution in [3.05, 3.63) is 27.8 Å². The Kier molecular flexibility index (Phi) is 10.6. The molecular formula is C14H19Cl3Ti. The predicted molar refractivity (Wildman–Crippen MR) is 60.1 cm³/mol. The van der Waals surface area contributed by atoms with Gasteiger partial charge in [-0.15, -0.1) is 0 Å². The van der Waals surface area contributed by atoms with Crippen LogP contribution in [0.4, 0.5) is 0 Å². The van der Waals surface area contributed by atoms with Crippen LogP contribution < -0.4 is 37.2 Å². The summed E-state index contributed by atoms with van der Waals surface area (Å²) in [5, 5.41) is 0. The maximum Gasteiger partial charge on any atom is 4.00 e. The molecule has 0 saturated carbocycles. The van der Waals surface area contributed by atoms with Gasteiger partial charge in [-0.3, -0.25) is 0 Å². The summed E-state index contributed by atoms with van der Waals surface area (Å²) >= 11 is 0.